The van der Waals surface area contributed by atoms with Crippen LogP contribution in [0.15, 0.2) is 59.1 Å². The molecule has 164 valence electrons. The average Bonchev–Trinajstić information content (AvgIpc) is 3.40. The van der Waals surface area contributed by atoms with Crippen molar-refractivity contribution in [2.24, 2.45) is 0 Å². The number of para-hydroxylation sites is 1. The van der Waals surface area contributed by atoms with Gasteiger partial charge in [-0.3, -0.25) is 4.79 Å². The fraction of sp³-hybridized carbons (Fsp3) is 0.182. The number of carbonyl (C=O) groups is 2. The minimum Gasteiger partial charge on any atom is -0.548 e. The van der Waals surface area contributed by atoms with Crippen LogP contribution < -0.4 is 15.7 Å². The zero-order valence-electron chi connectivity index (χ0n) is 17.1. The highest BCUT2D eigenvalue weighted by Gasteiger charge is 2.17. The highest BCUT2D eigenvalue weighted by atomic mass is 32.2. The van der Waals surface area contributed by atoms with Crippen molar-refractivity contribution in [1.29, 1.82) is 0 Å². The number of benzene rings is 2. The first-order chi connectivity index (χ1) is 15.5. The van der Waals surface area contributed by atoms with Crippen molar-refractivity contribution in [3.8, 4) is 0 Å². The maximum absolute atomic E-state index is 12.4. The van der Waals surface area contributed by atoms with Crippen molar-refractivity contribution in [3.63, 3.8) is 0 Å². The number of rotatable bonds is 9. The number of carbonyl (C=O) groups excluding carboxylic acids is 2. The van der Waals surface area contributed by atoms with Gasteiger partial charge in [-0.2, -0.15) is 0 Å². The Labute approximate surface area is 192 Å². The smallest absolute Gasteiger partial charge is 0.230 e. The van der Waals surface area contributed by atoms with Crippen LogP contribution in [0.2, 0.25) is 0 Å². The highest BCUT2D eigenvalue weighted by molar-refractivity contribution is 8.01. The summed E-state index contributed by atoms with van der Waals surface area (Å²) >= 11 is 2.52. The number of carboxylic acid groups (broad SMARTS) is 1. The van der Waals surface area contributed by atoms with E-state index in [1.165, 1.54) is 23.1 Å². The quantitative estimate of drug-likeness (QED) is 0.324. The van der Waals surface area contributed by atoms with Gasteiger partial charge in [-0.1, -0.05) is 59.0 Å². The molecule has 0 aliphatic heterocycles. The third-order valence-corrected chi connectivity index (χ3v) is 6.73. The standard InChI is InChI=1S/C22H21N5O3S2/c1-13-6-8-15(9-7-13)24-21-26-27-22(32-21)31-12-19(28)25-18(20(29)30)10-14-11-23-17-5-3-2-4-16(14)17/h2-9,11,18,23H,10,12H2,1H3,(H,24,26)(H,25,28)(H,29,30)/p-1/t18-/m1/s1. The molecule has 0 aliphatic rings. The zero-order chi connectivity index (χ0) is 22.5. The molecule has 0 fully saturated rings. The molecule has 0 bridgehead atoms. The first-order valence-electron chi connectivity index (χ1n) is 9.83. The van der Waals surface area contributed by atoms with Crippen LogP contribution in [0, 0.1) is 6.92 Å². The van der Waals surface area contributed by atoms with Crippen LogP contribution in [0.25, 0.3) is 10.9 Å². The Kier molecular flexibility index (Phi) is 6.72. The molecule has 0 radical (unpaired) electrons. The number of aryl methyl sites for hydroxylation is 1. The van der Waals surface area contributed by atoms with Crippen molar-refractivity contribution < 1.29 is 14.7 Å². The summed E-state index contributed by atoms with van der Waals surface area (Å²) in [7, 11) is 0. The second kappa shape index (κ2) is 9.84. The van der Waals surface area contributed by atoms with E-state index in [0.717, 1.165) is 27.7 Å². The predicted molar refractivity (Wildman–Crippen MR) is 124 cm³/mol. The van der Waals surface area contributed by atoms with E-state index in [1.54, 1.807) is 6.20 Å². The molecule has 0 saturated carbocycles. The van der Waals surface area contributed by atoms with Gasteiger partial charge < -0.3 is 25.5 Å². The molecule has 4 aromatic rings. The first kappa shape index (κ1) is 21.8. The lowest BCUT2D eigenvalue weighted by Crippen LogP contribution is -2.49. The molecule has 2 aromatic carbocycles. The molecule has 1 amide bonds. The number of thioether (sulfide) groups is 1. The third-order valence-electron chi connectivity index (χ3n) is 4.75. The van der Waals surface area contributed by atoms with Gasteiger partial charge in [-0.25, -0.2) is 0 Å². The minimum absolute atomic E-state index is 0.0246. The summed E-state index contributed by atoms with van der Waals surface area (Å²) in [5.41, 5.74) is 3.77. The van der Waals surface area contributed by atoms with Crippen molar-refractivity contribution in [1.82, 2.24) is 20.5 Å². The van der Waals surface area contributed by atoms with Crippen molar-refractivity contribution in [3.05, 3.63) is 65.9 Å². The van der Waals surface area contributed by atoms with Crippen LogP contribution in [-0.2, 0) is 16.0 Å². The first-order valence-corrected chi connectivity index (χ1v) is 11.6. The van der Waals surface area contributed by atoms with Gasteiger partial charge in [0.1, 0.15) is 0 Å². The number of aromatic amines is 1. The molecule has 0 unspecified atom stereocenters. The molecule has 4 rings (SSSR count). The van der Waals surface area contributed by atoms with Gasteiger partial charge in [0.25, 0.3) is 0 Å². The van der Waals surface area contributed by atoms with Crippen LogP contribution in [0.4, 0.5) is 10.8 Å². The van der Waals surface area contributed by atoms with E-state index in [2.05, 4.69) is 25.8 Å². The lowest BCUT2D eigenvalue weighted by atomic mass is 10.1. The summed E-state index contributed by atoms with van der Waals surface area (Å²) in [5, 5.41) is 27.0. The van der Waals surface area contributed by atoms with Crippen LogP contribution in [0.1, 0.15) is 11.1 Å². The number of aromatic nitrogens is 3. The predicted octanol–water partition coefficient (Wildman–Crippen LogP) is 2.64. The fourth-order valence-corrected chi connectivity index (χ4v) is 4.74. The van der Waals surface area contributed by atoms with Crippen LogP contribution in [0.5, 0.6) is 0 Å². The molecular formula is C22H20N5O3S2-. The summed E-state index contributed by atoms with van der Waals surface area (Å²) in [6.45, 7) is 2.01. The van der Waals surface area contributed by atoms with Gasteiger partial charge in [0.15, 0.2) is 4.34 Å². The van der Waals surface area contributed by atoms with E-state index >= 15 is 0 Å². The van der Waals surface area contributed by atoms with Crippen molar-refractivity contribution in [2.75, 3.05) is 11.1 Å². The number of nitrogens with zero attached hydrogens (tertiary/aromatic N) is 2. The second-order valence-corrected chi connectivity index (χ2v) is 9.36. The maximum atomic E-state index is 12.4. The maximum Gasteiger partial charge on any atom is 0.230 e. The van der Waals surface area contributed by atoms with Gasteiger partial charge in [0.2, 0.25) is 11.0 Å². The molecule has 3 N–H and O–H groups in total. The summed E-state index contributed by atoms with van der Waals surface area (Å²) in [4.78, 5) is 27.1. The number of hydrogen-bond donors (Lipinski definition) is 3. The number of aliphatic carboxylic acids is 1. The molecule has 1 atom stereocenters. The summed E-state index contributed by atoms with van der Waals surface area (Å²) in [5.74, 6) is -1.71. The van der Waals surface area contributed by atoms with E-state index < -0.39 is 17.9 Å². The van der Waals surface area contributed by atoms with Gasteiger partial charge in [0.05, 0.1) is 17.8 Å². The molecular weight excluding hydrogens is 446 g/mol. The van der Waals surface area contributed by atoms with Gasteiger partial charge in [-0.05, 0) is 30.7 Å². The van der Waals surface area contributed by atoms with Gasteiger partial charge in [0, 0.05) is 29.2 Å². The van der Waals surface area contributed by atoms with E-state index in [9.17, 15) is 14.7 Å². The van der Waals surface area contributed by atoms with E-state index in [4.69, 9.17) is 0 Å². The number of fused-ring (bicyclic) bond motifs is 1. The molecule has 2 aromatic heterocycles. The number of H-pyrrole nitrogens is 1. The number of anilines is 2. The molecule has 32 heavy (non-hydrogen) atoms. The Hall–Kier alpha value is -3.37. The lowest BCUT2D eigenvalue weighted by Gasteiger charge is -2.19. The van der Waals surface area contributed by atoms with E-state index in [1.807, 2.05) is 55.5 Å². The van der Waals surface area contributed by atoms with Crippen LogP contribution in [-0.4, -0.2) is 38.9 Å². The second-order valence-electron chi connectivity index (χ2n) is 7.16. The fourth-order valence-electron chi connectivity index (χ4n) is 3.16. The van der Waals surface area contributed by atoms with Gasteiger partial charge >= 0.3 is 0 Å². The SMILES string of the molecule is Cc1ccc(Nc2nnc(SCC(=O)N[C@H](Cc3c[nH]c4ccccc34)C(=O)[O-])s2)cc1. The Bertz CT molecular complexity index is 1240. The Morgan fingerprint density at radius 2 is 1.94 bits per heavy atom. The molecule has 8 nitrogen and oxygen atoms in total. The Morgan fingerprint density at radius 3 is 2.72 bits per heavy atom. The summed E-state index contributed by atoms with van der Waals surface area (Å²) in [6.07, 6.45) is 1.89. The minimum atomic E-state index is -1.32. The van der Waals surface area contributed by atoms with E-state index in [0.29, 0.717) is 9.47 Å². The topological polar surface area (TPSA) is 123 Å². The van der Waals surface area contributed by atoms with Crippen LogP contribution >= 0.6 is 23.1 Å². The highest BCUT2D eigenvalue weighted by Crippen LogP contribution is 2.27. The average molecular weight is 467 g/mol. The number of carboxylic acids is 1. The Morgan fingerprint density at radius 1 is 1.16 bits per heavy atom. The molecule has 0 saturated heterocycles. The van der Waals surface area contributed by atoms with E-state index in [-0.39, 0.29) is 12.2 Å². The molecule has 0 aliphatic carbocycles. The summed E-state index contributed by atoms with van der Waals surface area (Å²) in [6, 6.07) is 14.3. The van der Waals surface area contributed by atoms with Crippen LogP contribution in [0.3, 0.4) is 0 Å². The zero-order valence-corrected chi connectivity index (χ0v) is 18.8. The monoisotopic (exact) mass is 466 g/mol. The number of nitrogens with one attached hydrogen (secondary N) is 3. The molecule has 10 heteroatoms. The third kappa shape index (κ3) is 5.45. The number of amides is 1. The normalized spacial score (nSPS) is 11.9. The lowest BCUT2D eigenvalue weighted by molar-refractivity contribution is -0.308. The summed E-state index contributed by atoms with van der Waals surface area (Å²) < 4.78 is 0.608. The Balaban J connectivity index is 1.31. The van der Waals surface area contributed by atoms with Crippen molar-refractivity contribution >= 4 is 56.7 Å². The molecule has 2 heterocycles. The molecule has 0 spiro atoms. The largest absolute Gasteiger partial charge is 0.548 e. The number of hydrogen-bond acceptors (Lipinski definition) is 8. The van der Waals surface area contributed by atoms with Crippen molar-refractivity contribution in [2.45, 2.75) is 23.7 Å². The van der Waals surface area contributed by atoms with Gasteiger partial charge in [-0.15, -0.1) is 10.2 Å².